The Hall–Kier alpha value is -3.22. The number of nitrogens with one attached hydrogen (secondary N) is 1. The van der Waals surface area contributed by atoms with Crippen molar-refractivity contribution in [2.75, 3.05) is 38.0 Å². The lowest BCUT2D eigenvalue weighted by Crippen LogP contribution is -2.48. The minimum absolute atomic E-state index is 0.0402. The van der Waals surface area contributed by atoms with E-state index in [1.54, 1.807) is 18.2 Å². The zero-order valence-electron chi connectivity index (χ0n) is 17.2. The van der Waals surface area contributed by atoms with E-state index in [1.165, 1.54) is 16.9 Å². The van der Waals surface area contributed by atoms with E-state index in [4.69, 9.17) is 0 Å². The average Bonchev–Trinajstić information content (AvgIpc) is 3.36. The van der Waals surface area contributed by atoms with Crippen LogP contribution >= 0.6 is 11.3 Å². The number of anilines is 1. The average molecular weight is 432 g/mol. The summed E-state index contributed by atoms with van der Waals surface area (Å²) in [7, 11) is 0. The summed E-state index contributed by atoms with van der Waals surface area (Å²) >= 11 is 1.38. The van der Waals surface area contributed by atoms with Crippen LogP contribution in [-0.2, 0) is 0 Å². The number of hydrogen-bond acceptors (Lipinski definition) is 4. The van der Waals surface area contributed by atoms with Crippen LogP contribution < -0.4 is 5.32 Å². The van der Waals surface area contributed by atoms with E-state index in [-0.39, 0.29) is 11.8 Å². The summed E-state index contributed by atoms with van der Waals surface area (Å²) in [5.74, 6) is -0.230. The number of piperazine rings is 1. The lowest BCUT2D eigenvalue weighted by atomic mass is 10.1. The van der Waals surface area contributed by atoms with Crippen LogP contribution in [0.25, 0.3) is 6.08 Å². The second kappa shape index (κ2) is 10.2. The van der Waals surface area contributed by atoms with Crippen LogP contribution in [0.3, 0.4) is 0 Å². The zero-order valence-corrected chi connectivity index (χ0v) is 18.1. The summed E-state index contributed by atoms with van der Waals surface area (Å²) in [5.41, 5.74) is 2.28. The molecule has 0 bridgehead atoms. The molecule has 5 nitrogen and oxygen atoms in total. The summed E-state index contributed by atoms with van der Waals surface area (Å²) < 4.78 is 0. The van der Waals surface area contributed by atoms with Gasteiger partial charge in [-0.3, -0.25) is 14.5 Å². The summed E-state index contributed by atoms with van der Waals surface area (Å²) in [6, 6.07) is 21.1. The topological polar surface area (TPSA) is 52.7 Å². The molecule has 0 atom stereocenters. The third-order valence-electron chi connectivity index (χ3n) is 5.28. The molecule has 158 valence electrons. The van der Waals surface area contributed by atoms with Crippen molar-refractivity contribution in [2.24, 2.45) is 0 Å². The Bertz CT molecular complexity index is 1040. The number of amides is 2. The quantitative estimate of drug-likeness (QED) is 0.626. The molecule has 0 saturated carbocycles. The number of carbonyl (C=O) groups excluding carboxylic acids is 2. The molecule has 0 radical (unpaired) electrons. The summed E-state index contributed by atoms with van der Waals surface area (Å²) in [6.07, 6.45) is 4.30. The molecule has 1 fully saturated rings. The molecule has 1 aliphatic heterocycles. The van der Waals surface area contributed by atoms with Gasteiger partial charge in [0.05, 0.1) is 16.1 Å². The van der Waals surface area contributed by atoms with Crippen LogP contribution in [0.5, 0.6) is 0 Å². The molecule has 31 heavy (non-hydrogen) atoms. The molecule has 2 heterocycles. The van der Waals surface area contributed by atoms with Gasteiger partial charge in [-0.1, -0.05) is 60.7 Å². The first kappa shape index (κ1) is 21.0. The molecule has 1 aromatic heterocycles. The van der Waals surface area contributed by atoms with Gasteiger partial charge in [-0.2, -0.15) is 0 Å². The van der Waals surface area contributed by atoms with E-state index < -0.39 is 0 Å². The summed E-state index contributed by atoms with van der Waals surface area (Å²) in [6.45, 7) is 3.87. The number of carbonyl (C=O) groups is 2. The standard InChI is InChI=1S/C25H25N3O2S/c29-24(23-13-7-19-31-23)26-22-12-5-4-11-21(22)25(30)28-17-15-27(16-18-28)14-6-10-20-8-2-1-3-9-20/h1-13,19H,14-18H2,(H,26,29)/b10-6+. The van der Waals surface area contributed by atoms with Gasteiger partial charge in [0.2, 0.25) is 0 Å². The van der Waals surface area contributed by atoms with Crippen LogP contribution in [0.1, 0.15) is 25.6 Å². The van der Waals surface area contributed by atoms with E-state index >= 15 is 0 Å². The van der Waals surface area contributed by atoms with Gasteiger partial charge in [0.25, 0.3) is 11.8 Å². The molecule has 6 heteroatoms. The second-order valence-electron chi connectivity index (χ2n) is 7.38. The molecule has 1 N–H and O–H groups in total. The fourth-order valence-electron chi connectivity index (χ4n) is 3.58. The Kier molecular flexibility index (Phi) is 6.92. The van der Waals surface area contributed by atoms with Crippen molar-refractivity contribution in [3.8, 4) is 0 Å². The van der Waals surface area contributed by atoms with Gasteiger partial charge >= 0.3 is 0 Å². The van der Waals surface area contributed by atoms with Crippen molar-refractivity contribution in [3.63, 3.8) is 0 Å². The maximum absolute atomic E-state index is 13.1. The van der Waals surface area contributed by atoms with Crippen molar-refractivity contribution in [1.82, 2.24) is 9.80 Å². The highest BCUT2D eigenvalue weighted by Gasteiger charge is 2.24. The number of hydrogen-bond donors (Lipinski definition) is 1. The van der Waals surface area contributed by atoms with Gasteiger partial charge in [-0.25, -0.2) is 0 Å². The van der Waals surface area contributed by atoms with Gasteiger partial charge in [0.15, 0.2) is 0 Å². The first-order valence-corrected chi connectivity index (χ1v) is 11.3. The summed E-state index contributed by atoms with van der Waals surface area (Å²) in [5, 5.41) is 4.75. The molecule has 3 aromatic rings. The fourth-order valence-corrected chi connectivity index (χ4v) is 4.20. The van der Waals surface area contributed by atoms with Crippen LogP contribution in [-0.4, -0.2) is 54.3 Å². The number of nitrogens with zero attached hydrogens (tertiary/aromatic N) is 2. The molecule has 0 spiro atoms. The minimum atomic E-state index is -0.190. The number of rotatable bonds is 6. The van der Waals surface area contributed by atoms with E-state index in [0.29, 0.717) is 29.2 Å². The number of para-hydroxylation sites is 1. The smallest absolute Gasteiger partial charge is 0.265 e. The van der Waals surface area contributed by atoms with Gasteiger partial charge in [-0.15, -0.1) is 11.3 Å². The first-order valence-electron chi connectivity index (χ1n) is 10.4. The Balaban J connectivity index is 1.33. The maximum atomic E-state index is 13.1. The van der Waals surface area contributed by atoms with E-state index in [2.05, 4.69) is 34.5 Å². The van der Waals surface area contributed by atoms with Crippen LogP contribution in [0, 0.1) is 0 Å². The predicted molar refractivity (Wildman–Crippen MR) is 127 cm³/mol. The first-order chi connectivity index (χ1) is 15.2. The predicted octanol–water partition coefficient (Wildman–Crippen LogP) is 4.47. The van der Waals surface area contributed by atoms with E-state index in [1.807, 2.05) is 46.7 Å². The Morgan fingerprint density at radius 3 is 2.39 bits per heavy atom. The Morgan fingerprint density at radius 2 is 1.65 bits per heavy atom. The van der Waals surface area contributed by atoms with Crippen LogP contribution in [0.4, 0.5) is 5.69 Å². The normalized spacial score (nSPS) is 14.6. The van der Waals surface area contributed by atoms with Crippen molar-refractivity contribution in [1.29, 1.82) is 0 Å². The van der Waals surface area contributed by atoms with Gasteiger partial charge < -0.3 is 10.2 Å². The van der Waals surface area contributed by atoms with Crippen molar-refractivity contribution >= 4 is 34.9 Å². The highest BCUT2D eigenvalue weighted by Crippen LogP contribution is 2.20. The second-order valence-corrected chi connectivity index (χ2v) is 8.33. The molecule has 2 aromatic carbocycles. The van der Waals surface area contributed by atoms with Gasteiger partial charge in [0, 0.05) is 32.7 Å². The van der Waals surface area contributed by atoms with E-state index in [9.17, 15) is 9.59 Å². The van der Waals surface area contributed by atoms with Crippen molar-refractivity contribution < 1.29 is 9.59 Å². The highest BCUT2D eigenvalue weighted by molar-refractivity contribution is 7.12. The van der Waals surface area contributed by atoms with E-state index in [0.717, 1.165) is 19.6 Å². The monoisotopic (exact) mass is 431 g/mol. The molecule has 0 aliphatic carbocycles. The van der Waals surface area contributed by atoms with Gasteiger partial charge in [-0.05, 0) is 29.1 Å². The lowest BCUT2D eigenvalue weighted by molar-refractivity contribution is 0.0651. The molecule has 1 saturated heterocycles. The van der Waals surface area contributed by atoms with Crippen molar-refractivity contribution in [3.05, 3.63) is 94.2 Å². The third-order valence-corrected chi connectivity index (χ3v) is 6.15. The third kappa shape index (κ3) is 5.48. The largest absolute Gasteiger partial charge is 0.336 e. The fraction of sp³-hybridized carbons (Fsp3) is 0.200. The number of thiophene rings is 1. The molecule has 0 unspecified atom stereocenters. The molecule has 4 rings (SSSR count). The summed E-state index contributed by atoms with van der Waals surface area (Å²) in [4.78, 5) is 30.4. The molecule has 2 amide bonds. The van der Waals surface area contributed by atoms with Crippen molar-refractivity contribution in [2.45, 2.75) is 0 Å². The SMILES string of the molecule is O=C(Nc1ccccc1C(=O)N1CCN(C/C=C/c2ccccc2)CC1)c1cccs1. The maximum Gasteiger partial charge on any atom is 0.265 e. The lowest BCUT2D eigenvalue weighted by Gasteiger charge is -2.34. The minimum Gasteiger partial charge on any atom is -0.336 e. The van der Waals surface area contributed by atoms with Gasteiger partial charge in [0.1, 0.15) is 0 Å². The van der Waals surface area contributed by atoms with Crippen LogP contribution in [0.15, 0.2) is 78.2 Å². The molecule has 1 aliphatic rings. The highest BCUT2D eigenvalue weighted by atomic mass is 32.1. The Labute approximate surface area is 186 Å². The molecular formula is C25H25N3O2S. The zero-order chi connectivity index (χ0) is 21.5. The molecular weight excluding hydrogens is 406 g/mol. The Morgan fingerprint density at radius 1 is 0.903 bits per heavy atom. The number of benzene rings is 2. The van der Waals surface area contributed by atoms with Crippen LogP contribution in [0.2, 0.25) is 0 Å².